The zero-order valence-corrected chi connectivity index (χ0v) is 16.2. The van der Waals surface area contributed by atoms with Gasteiger partial charge in [-0.2, -0.15) is 18.3 Å². The topological polar surface area (TPSA) is 72.9 Å². The van der Waals surface area contributed by atoms with Crippen LogP contribution in [0.1, 0.15) is 29.7 Å². The lowest BCUT2D eigenvalue weighted by Gasteiger charge is -2.23. The van der Waals surface area contributed by atoms with Gasteiger partial charge >= 0.3 is 6.18 Å². The average Bonchev–Trinajstić information content (AvgIpc) is 3.39. The van der Waals surface area contributed by atoms with Gasteiger partial charge in [-0.1, -0.05) is 6.07 Å². The zero-order chi connectivity index (χ0) is 20.9. The molecule has 2 aliphatic rings. The molecule has 1 saturated heterocycles. The van der Waals surface area contributed by atoms with Crippen molar-refractivity contribution in [3.63, 3.8) is 0 Å². The van der Waals surface area contributed by atoms with E-state index in [-0.39, 0.29) is 5.41 Å². The van der Waals surface area contributed by atoms with Crippen LogP contribution in [0.25, 0.3) is 11.3 Å². The fraction of sp³-hybridized carbons (Fsp3) is 0.381. The van der Waals surface area contributed by atoms with Crippen LogP contribution in [0.2, 0.25) is 0 Å². The Morgan fingerprint density at radius 2 is 1.97 bits per heavy atom. The molecule has 0 saturated carbocycles. The van der Waals surface area contributed by atoms with Crippen LogP contribution in [0.5, 0.6) is 0 Å². The number of anilines is 1. The fourth-order valence-electron chi connectivity index (χ4n) is 4.70. The molecule has 3 aromatic heterocycles. The van der Waals surface area contributed by atoms with Gasteiger partial charge in [-0.3, -0.25) is 14.6 Å². The summed E-state index contributed by atoms with van der Waals surface area (Å²) in [5.74, 6) is -0.517. The Morgan fingerprint density at radius 3 is 2.73 bits per heavy atom. The Morgan fingerprint density at radius 1 is 1.13 bits per heavy atom. The normalized spacial score (nSPS) is 21.4. The Kier molecular flexibility index (Phi) is 4.32. The van der Waals surface area contributed by atoms with Gasteiger partial charge in [0.1, 0.15) is 5.82 Å². The van der Waals surface area contributed by atoms with Gasteiger partial charge in [0.15, 0.2) is 0 Å². The van der Waals surface area contributed by atoms with Crippen molar-refractivity contribution in [1.82, 2.24) is 24.6 Å². The second kappa shape index (κ2) is 6.80. The van der Waals surface area contributed by atoms with Gasteiger partial charge in [0.05, 0.1) is 11.3 Å². The smallest absolute Gasteiger partial charge is 0.383 e. The van der Waals surface area contributed by atoms with Crippen molar-refractivity contribution in [3.05, 3.63) is 59.7 Å². The first-order valence-corrected chi connectivity index (χ1v) is 9.87. The summed E-state index contributed by atoms with van der Waals surface area (Å²) in [7, 11) is 0. The molecule has 5 heterocycles. The third-order valence-electron chi connectivity index (χ3n) is 6.21. The number of rotatable bonds is 3. The van der Waals surface area contributed by atoms with E-state index < -0.39 is 17.6 Å². The maximum atomic E-state index is 13.2. The summed E-state index contributed by atoms with van der Waals surface area (Å²) in [6, 6.07) is 6.97. The van der Waals surface area contributed by atoms with E-state index in [1.54, 1.807) is 6.20 Å². The molecule has 5 rings (SSSR count). The molecule has 0 aliphatic carbocycles. The molecule has 9 heteroatoms. The SMILES string of the molecule is Nc1ncc(-c2cc3n(n2)CC[C@@]32CCN(Cc3cccnc3)C2)cc1C(F)(F)F. The molecule has 1 spiro atoms. The highest BCUT2D eigenvalue weighted by molar-refractivity contribution is 5.63. The van der Waals surface area contributed by atoms with Gasteiger partial charge in [0.25, 0.3) is 0 Å². The number of nitrogens with two attached hydrogens (primary N) is 1. The largest absolute Gasteiger partial charge is 0.419 e. The summed E-state index contributed by atoms with van der Waals surface area (Å²) < 4.78 is 41.6. The number of alkyl halides is 3. The number of hydrogen-bond donors (Lipinski definition) is 1. The van der Waals surface area contributed by atoms with Gasteiger partial charge in [-0.15, -0.1) is 0 Å². The molecule has 2 N–H and O–H groups in total. The number of halogens is 3. The van der Waals surface area contributed by atoms with Gasteiger partial charge in [-0.25, -0.2) is 4.98 Å². The molecule has 0 aromatic carbocycles. The number of pyridine rings is 2. The Balaban J connectivity index is 1.41. The molecule has 0 bridgehead atoms. The lowest BCUT2D eigenvalue weighted by Crippen LogP contribution is -2.28. The zero-order valence-electron chi connectivity index (χ0n) is 16.2. The molecule has 1 atom stereocenters. The third-order valence-corrected chi connectivity index (χ3v) is 6.21. The van der Waals surface area contributed by atoms with Crippen LogP contribution < -0.4 is 5.73 Å². The number of nitrogen functional groups attached to an aromatic ring is 1. The lowest BCUT2D eigenvalue weighted by molar-refractivity contribution is -0.137. The van der Waals surface area contributed by atoms with E-state index in [0.717, 1.165) is 50.8 Å². The number of nitrogens with zero attached hydrogens (tertiary/aromatic N) is 5. The van der Waals surface area contributed by atoms with E-state index in [4.69, 9.17) is 5.73 Å². The first kappa shape index (κ1) is 19.0. The van der Waals surface area contributed by atoms with Crippen molar-refractivity contribution < 1.29 is 13.2 Å². The van der Waals surface area contributed by atoms with Crippen molar-refractivity contribution in [3.8, 4) is 11.3 Å². The highest BCUT2D eigenvalue weighted by atomic mass is 19.4. The molecule has 0 amide bonds. The van der Waals surface area contributed by atoms with Gasteiger partial charge < -0.3 is 5.73 Å². The third kappa shape index (κ3) is 3.23. The van der Waals surface area contributed by atoms with E-state index in [9.17, 15) is 13.2 Å². The molecule has 156 valence electrons. The first-order valence-electron chi connectivity index (χ1n) is 9.87. The number of hydrogen-bond acceptors (Lipinski definition) is 5. The van der Waals surface area contributed by atoms with Crippen LogP contribution in [0, 0.1) is 0 Å². The van der Waals surface area contributed by atoms with E-state index >= 15 is 0 Å². The summed E-state index contributed by atoms with van der Waals surface area (Å²) in [5.41, 5.74) is 7.60. The Bertz CT molecular complexity index is 1080. The van der Waals surface area contributed by atoms with Crippen LogP contribution in [0.15, 0.2) is 42.9 Å². The highest BCUT2D eigenvalue weighted by Gasteiger charge is 2.45. The van der Waals surface area contributed by atoms with Crippen LogP contribution in [-0.2, 0) is 24.7 Å². The van der Waals surface area contributed by atoms with E-state index in [0.29, 0.717) is 11.3 Å². The molecular formula is C21H21F3N6. The molecule has 6 nitrogen and oxygen atoms in total. The van der Waals surface area contributed by atoms with Gasteiger partial charge in [0, 0.05) is 54.9 Å². The fourth-order valence-corrected chi connectivity index (χ4v) is 4.70. The number of likely N-dealkylation sites (tertiary alicyclic amines) is 1. The molecule has 0 unspecified atom stereocenters. The summed E-state index contributed by atoms with van der Waals surface area (Å²) in [6.07, 6.45) is 2.46. The predicted octanol–water partition coefficient (Wildman–Crippen LogP) is 3.49. The first-order chi connectivity index (χ1) is 14.3. The second-order valence-corrected chi connectivity index (χ2v) is 8.14. The van der Waals surface area contributed by atoms with E-state index in [1.165, 1.54) is 11.8 Å². The molecular weight excluding hydrogens is 393 g/mol. The quantitative estimate of drug-likeness (QED) is 0.710. The lowest BCUT2D eigenvalue weighted by atomic mass is 9.82. The maximum Gasteiger partial charge on any atom is 0.419 e. The van der Waals surface area contributed by atoms with Crippen molar-refractivity contribution >= 4 is 5.82 Å². The van der Waals surface area contributed by atoms with Gasteiger partial charge in [-0.05, 0) is 43.1 Å². The molecule has 30 heavy (non-hydrogen) atoms. The van der Waals surface area contributed by atoms with Gasteiger partial charge in [0.2, 0.25) is 0 Å². The predicted molar refractivity (Wildman–Crippen MR) is 105 cm³/mol. The van der Waals surface area contributed by atoms with Crippen molar-refractivity contribution in [1.29, 1.82) is 0 Å². The monoisotopic (exact) mass is 414 g/mol. The van der Waals surface area contributed by atoms with Crippen LogP contribution >= 0.6 is 0 Å². The minimum Gasteiger partial charge on any atom is -0.383 e. The number of aryl methyl sites for hydroxylation is 1. The van der Waals surface area contributed by atoms with E-state index in [2.05, 4.69) is 26.0 Å². The minimum atomic E-state index is -4.55. The Hall–Kier alpha value is -2.94. The van der Waals surface area contributed by atoms with Crippen molar-refractivity contribution in [2.45, 2.75) is 37.5 Å². The molecule has 0 radical (unpaired) electrons. The van der Waals surface area contributed by atoms with Crippen LogP contribution in [0.3, 0.4) is 0 Å². The Labute approximate surface area is 171 Å². The minimum absolute atomic E-state index is 0.0123. The summed E-state index contributed by atoms with van der Waals surface area (Å²) >= 11 is 0. The van der Waals surface area contributed by atoms with Crippen LogP contribution in [0.4, 0.5) is 19.0 Å². The van der Waals surface area contributed by atoms with Crippen LogP contribution in [-0.4, -0.2) is 37.7 Å². The molecule has 2 aliphatic heterocycles. The summed E-state index contributed by atoms with van der Waals surface area (Å²) in [6.45, 7) is 3.48. The number of aromatic nitrogens is 4. The van der Waals surface area contributed by atoms with E-state index in [1.807, 2.05) is 23.0 Å². The molecule has 1 fully saturated rings. The number of fused-ring (bicyclic) bond motifs is 2. The maximum absolute atomic E-state index is 13.2. The van der Waals surface area contributed by atoms with Crippen molar-refractivity contribution in [2.75, 3.05) is 18.8 Å². The molecule has 3 aromatic rings. The highest BCUT2D eigenvalue weighted by Crippen LogP contribution is 2.44. The summed E-state index contributed by atoms with van der Waals surface area (Å²) in [5, 5.41) is 4.58. The standard InChI is InChI=1S/C21H21F3N6/c22-21(23,24)16-8-15(11-27-19(16)25)17-9-18-20(4-7-30(18)28-17)3-6-29(13-20)12-14-2-1-5-26-10-14/h1-2,5,8-11H,3-4,6-7,12-13H2,(H2,25,27)/t20-/m1/s1. The summed E-state index contributed by atoms with van der Waals surface area (Å²) in [4.78, 5) is 10.3. The second-order valence-electron chi connectivity index (χ2n) is 8.14. The van der Waals surface area contributed by atoms with Crippen molar-refractivity contribution in [2.24, 2.45) is 0 Å². The average molecular weight is 414 g/mol.